The zero-order valence-electron chi connectivity index (χ0n) is 8.62. The monoisotopic (exact) mass is 217 g/mol. The van der Waals surface area contributed by atoms with Gasteiger partial charge in [0.15, 0.2) is 5.78 Å². The van der Waals surface area contributed by atoms with Crippen LogP contribution in [0.15, 0.2) is 0 Å². The molecule has 1 amide bonds. The Hall–Kier alpha value is -1.43. The molecule has 0 saturated carbocycles. The van der Waals surface area contributed by atoms with Crippen LogP contribution in [0.4, 0.5) is 0 Å². The van der Waals surface area contributed by atoms with Gasteiger partial charge in [-0.15, -0.1) is 0 Å². The number of carboxylic acid groups (broad SMARTS) is 1. The minimum Gasteiger partial charge on any atom is -0.481 e. The van der Waals surface area contributed by atoms with Gasteiger partial charge in [-0.25, -0.2) is 0 Å². The summed E-state index contributed by atoms with van der Waals surface area (Å²) in [6, 6.07) is 0. The first-order chi connectivity index (χ1) is 7.06. The molecule has 6 nitrogen and oxygen atoms in total. The van der Waals surface area contributed by atoms with E-state index < -0.39 is 5.97 Å². The number of aliphatic carboxylic acids is 1. The number of Topliss-reactive ketones (excluding diaryl/α,β-unsaturated/α-hetero) is 1. The van der Waals surface area contributed by atoms with Gasteiger partial charge in [-0.1, -0.05) is 0 Å². The van der Waals surface area contributed by atoms with E-state index in [2.05, 4.69) is 10.1 Å². The number of carboxylic acids is 1. The number of carbonyl (C=O) groups excluding carboxylic acids is 2. The van der Waals surface area contributed by atoms with Crippen molar-refractivity contribution in [3.05, 3.63) is 0 Å². The van der Waals surface area contributed by atoms with E-state index in [-0.39, 0.29) is 37.7 Å². The third-order valence-corrected chi connectivity index (χ3v) is 1.60. The average Bonchev–Trinajstić information content (AvgIpc) is 2.14. The van der Waals surface area contributed by atoms with Gasteiger partial charge >= 0.3 is 5.97 Å². The van der Waals surface area contributed by atoms with Crippen LogP contribution in [-0.4, -0.2) is 43.0 Å². The quantitative estimate of drug-likeness (QED) is 0.575. The molecule has 0 saturated heterocycles. The van der Waals surface area contributed by atoms with E-state index in [0.717, 1.165) is 0 Å². The Balaban J connectivity index is 3.49. The van der Waals surface area contributed by atoms with Gasteiger partial charge in [-0.05, 0) is 6.42 Å². The molecular formula is C9H15NO5. The maximum atomic E-state index is 11.1. The number of carbonyl (C=O) groups is 3. The van der Waals surface area contributed by atoms with Crippen molar-refractivity contribution < 1.29 is 24.2 Å². The lowest BCUT2D eigenvalue weighted by atomic mass is 10.2. The average molecular weight is 217 g/mol. The molecule has 0 radical (unpaired) electrons. The first-order valence-corrected chi connectivity index (χ1v) is 4.55. The van der Waals surface area contributed by atoms with Gasteiger partial charge in [-0.3, -0.25) is 14.4 Å². The molecule has 86 valence electrons. The highest BCUT2D eigenvalue weighted by molar-refractivity contribution is 5.86. The summed E-state index contributed by atoms with van der Waals surface area (Å²) in [5, 5.41) is 10.7. The highest BCUT2D eigenvalue weighted by Crippen LogP contribution is 1.95. The van der Waals surface area contributed by atoms with Crippen LogP contribution in [0.5, 0.6) is 0 Å². The molecule has 0 aromatic carbocycles. The molecule has 0 bridgehead atoms. The van der Waals surface area contributed by atoms with Crippen molar-refractivity contribution in [1.82, 2.24) is 5.32 Å². The van der Waals surface area contributed by atoms with Crippen LogP contribution >= 0.6 is 0 Å². The number of nitrogens with one attached hydrogen (secondary N) is 1. The van der Waals surface area contributed by atoms with Crippen molar-refractivity contribution in [1.29, 1.82) is 0 Å². The number of rotatable bonds is 8. The topological polar surface area (TPSA) is 92.7 Å². The minimum atomic E-state index is -0.925. The summed E-state index contributed by atoms with van der Waals surface area (Å²) in [6.07, 6.45) is 0.436. The molecule has 6 heteroatoms. The van der Waals surface area contributed by atoms with Gasteiger partial charge in [0.05, 0.1) is 6.54 Å². The van der Waals surface area contributed by atoms with E-state index in [1.807, 2.05) is 0 Å². The number of ether oxygens (including phenoxy) is 1. The highest BCUT2D eigenvalue weighted by atomic mass is 16.5. The molecule has 0 fully saturated rings. The number of ketones is 1. The minimum absolute atomic E-state index is 0.0300. The third-order valence-electron chi connectivity index (χ3n) is 1.60. The molecule has 0 atom stereocenters. The number of hydrogen-bond acceptors (Lipinski definition) is 4. The highest BCUT2D eigenvalue weighted by Gasteiger charge is 2.06. The molecule has 0 aliphatic heterocycles. The molecule has 0 spiro atoms. The van der Waals surface area contributed by atoms with Gasteiger partial charge in [-0.2, -0.15) is 0 Å². The van der Waals surface area contributed by atoms with E-state index >= 15 is 0 Å². The summed E-state index contributed by atoms with van der Waals surface area (Å²) >= 11 is 0. The predicted octanol–water partition coefficient (Wildman–Crippen LogP) is -0.427. The van der Waals surface area contributed by atoms with E-state index in [0.29, 0.717) is 6.42 Å². The maximum absolute atomic E-state index is 11.1. The van der Waals surface area contributed by atoms with E-state index in [4.69, 9.17) is 5.11 Å². The summed E-state index contributed by atoms with van der Waals surface area (Å²) in [4.78, 5) is 32.1. The Morgan fingerprint density at radius 1 is 1.27 bits per heavy atom. The van der Waals surface area contributed by atoms with Crippen LogP contribution in [0.2, 0.25) is 0 Å². The molecule has 0 aromatic rings. The molecule has 0 heterocycles. The second-order valence-electron chi connectivity index (χ2n) is 3.00. The number of amides is 1. The van der Waals surface area contributed by atoms with Crippen molar-refractivity contribution >= 4 is 17.7 Å². The first-order valence-electron chi connectivity index (χ1n) is 4.55. The smallest absolute Gasteiger partial charge is 0.303 e. The molecule has 0 rings (SSSR count). The van der Waals surface area contributed by atoms with E-state index in [1.54, 1.807) is 0 Å². The Bertz CT molecular complexity index is 239. The zero-order chi connectivity index (χ0) is 11.7. The van der Waals surface area contributed by atoms with Crippen LogP contribution in [0.1, 0.15) is 19.3 Å². The normalized spacial score (nSPS) is 9.67. The fraction of sp³-hybridized carbons (Fsp3) is 0.667. The molecular weight excluding hydrogens is 202 g/mol. The van der Waals surface area contributed by atoms with Crippen molar-refractivity contribution in [3.63, 3.8) is 0 Å². The maximum Gasteiger partial charge on any atom is 0.303 e. The molecule has 15 heavy (non-hydrogen) atoms. The van der Waals surface area contributed by atoms with E-state index in [9.17, 15) is 14.4 Å². The zero-order valence-corrected chi connectivity index (χ0v) is 8.62. The SMILES string of the molecule is COCC(=O)NCC(=O)CCCC(=O)O. The summed E-state index contributed by atoms with van der Waals surface area (Å²) < 4.78 is 4.55. The Morgan fingerprint density at radius 3 is 2.47 bits per heavy atom. The van der Waals surface area contributed by atoms with Crippen LogP contribution < -0.4 is 5.32 Å². The Labute approximate surface area is 87.6 Å². The summed E-state index contributed by atoms with van der Waals surface area (Å²) in [5.74, 6) is -1.46. The Kier molecular flexibility index (Phi) is 7.17. The van der Waals surface area contributed by atoms with Gasteiger partial charge in [0, 0.05) is 20.0 Å². The molecule has 0 unspecified atom stereocenters. The molecule has 0 aliphatic rings. The summed E-state index contributed by atoms with van der Waals surface area (Å²) in [7, 11) is 1.38. The third kappa shape index (κ3) is 8.89. The van der Waals surface area contributed by atoms with Gasteiger partial charge in [0.2, 0.25) is 5.91 Å². The van der Waals surface area contributed by atoms with Crippen molar-refractivity contribution in [2.75, 3.05) is 20.3 Å². The fourth-order valence-electron chi connectivity index (χ4n) is 0.904. The lowest BCUT2D eigenvalue weighted by Crippen LogP contribution is -2.32. The van der Waals surface area contributed by atoms with Crippen LogP contribution in [0.3, 0.4) is 0 Å². The molecule has 0 aromatic heterocycles. The fourth-order valence-corrected chi connectivity index (χ4v) is 0.904. The predicted molar refractivity (Wildman–Crippen MR) is 51.4 cm³/mol. The Morgan fingerprint density at radius 2 is 1.93 bits per heavy atom. The largest absolute Gasteiger partial charge is 0.481 e. The standard InChI is InChI=1S/C9H15NO5/c1-15-6-8(12)10-5-7(11)3-2-4-9(13)14/h2-6H2,1H3,(H,10,12)(H,13,14). The second kappa shape index (κ2) is 7.93. The van der Waals surface area contributed by atoms with Crippen molar-refractivity contribution in [2.45, 2.75) is 19.3 Å². The van der Waals surface area contributed by atoms with Gasteiger partial charge in [0.25, 0.3) is 0 Å². The van der Waals surface area contributed by atoms with Gasteiger partial charge in [0.1, 0.15) is 6.61 Å². The van der Waals surface area contributed by atoms with Gasteiger partial charge < -0.3 is 15.2 Å². The van der Waals surface area contributed by atoms with Crippen LogP contribution in [0.25, 0.3) is 0 Å². The summed E-state index contributed by atoms with van der Waals surface area (Å²) in [6.45, 7) is -0.149. The van der Waals surface area contributed by atoms with Crippen LogP contribution in [0, 0.1) is 0 Å². The molecule has 0 aliphatic carbocycles. The number of hydrogen-bond donors (Lipinski definition) is 2. The van der Waals surface area contributed by atoms with Crippen molar-refractivity contribution in [3.8, 4) is 0 Å². The lowest BCUT2D eigenvalue weighted by Gasteiger charge is -2.02. The first kappa shape index (κ1) is 13.6. The van der Waals surface area contributed by atoms with Crippen molar-refractivity contribution in [2.24, 2.45) is 0 Å². The van der Waals surface area contributed by atoms with E-state index in [1.165, 1.54) is 7.11 Å². The second-order valence-corrected chi connectivity index (χ2v) is 3.00. The summed E-state index contributed by atoms with van der Waals surface area (Å²) in [5.41, 5.74) is 0. The number of methoxy groups -OCH3 is 1. The molecule has 2 N–H and O–H groups in total. The lowest BCUT2D eigenvalue weighted by molar-refractivity contribution is -0.137. The van der Waals surface area contributed by atoms with Crippen LogP contribution in [-0.2, 0) is 19.1 Å².